The van der Waals surface area contributed by atoms with Gasteiger partial charge in [-0.05, 0) is 54.1 Å². The Hall–Kier alpha value is -4.11. The fourth-order valence-electron chi connectivity index (χ4n) is 3.57. The smallest absolute Gasteiger partial charge is 0.387 e. The van der Waals surface area contributed by atoms with Gasteiger partial charge in [-0.25, -0.2) is 15.0 Å². The van der Waals surface area contributed by atoms with Gasteiger partial charge in [0.05, 0.1) is 23.1 Å². The Morgan fingerprint density at radius 3 is 2.41 bits per heavy atom. The fourth-order valence-corrected chi connectivity index (χ4v) is 3.75. The van der Waals surface area contributed by atoms with Gasteiger partial charge in [0.25, 0.3) is 0 Å². The fraction of sp³-hybridized carbons (Fsp3) is 0.0833. The van der Waals surface area contributed by atoms with Crippen molar-refractivity contribution in [1.82, 2.24) is 24.5 Å². The lowest BCUT2D eigenvalue weighted by Gasteiger charge is -2.11. The highest BCUT2D eigenvalue weighted by Crippen LogP contribution is 2.31. The van der Waals surface area contributed by atoms with Gasteiger partial charge in [-0.2, -0.15) is 8.78 Å². The van der Waals surface area contributed by atoms with Gasteiger partial charge >= 0.3 is 6.61 Å². The normalized spacial score (nSPS) is 11.3. The molecule has 0 aliphatic heterocycles. The Balaban J connectivity index is 1.68. The number of pyridine rings is 3. The molecule has 0 atom stereocenters. The van der Waals surface area contributed by atoms with E-state index >= 15 is 0 Å². The molecule has 0 fully saturated rings. The average molecular weight is 479 g/mol. The van der Waals surface area contributed by atoms with E-state index in [4.69, 9.17) is 27.3 Å². The molecule has 10 heteroatoms. The summed E-state index contributed by atoms with van der Waals surface area (Å²) in [6.45, 7) is -2.92. The largest absolute Gasteiger partial charge is 0.433 e. The highest BCUT2D eigenvalue weighted by Gasteiger charge is 2.19. The van der Waals surface area contributed by atoms with Crippen LogP contribution in [-0.4, -0.2) is 31.1 Å². The van der Waals surface area contributed by atoms with Crippen molar-refractivity contribution >= 4 is 28.6 Å². The van der Waals surface area contributed by atoms with Crippen LogP contribution in [0.2, 0.25) is 0 Å². The van der Waals surface area contributed by atoms with E-state index in [1.165, 1.54) is 12.3 Å². The Bertz CT molecular complexity index is 1460. The Labute approximate surface area is 197 Å². The highest BCUT2D eigenvalue weighted by molar-refractivity contribution is 6.17. The van der Waals surface area contributed by atoms with E-state index in [1.54, 1.807) is 24.4 Å². The molecule has 4 aromatic heterocycles. The van der Waals surface area contributed by atoms with Crippen LogP contribution >= 0.6 is 11.6 Å². The van der Waals surface area contributed by atoms with Crippen molar-refractivity contribution in [3.63, 3.8) is 0 Å². The van der Waals surface area contributed by atoms with Crippen LogP contribution in [0.5, 0.6) is 5.75 Å². The molecule has 2 N–H and O–H groups in total. The van der Waals surface area contributed by atoms with Gasteiger partial charge in [-0.1, -0.05) is 12.1 Å². The number of nitrogens with two attached hydrogens (primary N) is 1. The zero-order valence-electron chi connectivity index (χ0n) is 17.6. The number of rotatable bonds is 6. The quantitative estimate of drug-likeness (QED) is 0.325. The first-order valence-corrected chi connectivity index (χ1v) is 10.7. The van der Waals surface area contributed by atoms with Crippen molar-refractivity contribution in [3.05, 3.63) is 78.6 Å². The topological polar surface area (TPSA) is 91.7 Å². The molecule has 0 spiro atoms. The van der Waals surface area contributed by atoms with E-state index in [-0.39, 0.29) is 5.75 Å². The van der Waals surface area contributed by atoms with Crippen molar-refractivity contribution in [2.45, 2.75) is 12.5 Å². The monoisotopic (exact) mass is 478 g/mol. The number of nitrogen functional groups attached to an aromatic ring is 1. The van der Waals surface area contributed by atoms with Crippen molar-refractivity contribution in [1.29, 1.82) is 0 Å². The number of hydrogen-bond donors (Lipinski definition) is 1. The number of benzene rings is 1. The highest BCUT2D eigenvalue weighted by atomic mass is 35.5. The summed E-state index contributed by atoms with van der Waals surface area (Å²) in [5.41, 5.74) is 10.9. The van der Waals surface area contributed by atoms with E-state index in [2.05, 4.69) is 14.7 Å². The Morgan fingerprint density at radius 1 is 0.941 bits per heavy atom. The molecule has 5 aromatic rings. The van der Waals surface area contributed by atoms with Gasteiger partial charge in [-0.3, -0.25) is 9.55 Å². The molecule has 5 rings (SSSR count). The lowest BCUT2D eigenvalue weighted by atomic mass is 10.2. The first-order valence-electron chi connectivity index (χ1n) is 10.2. The number of ether oxygens (including phenoxy) is 1. The van der Waals surface area contributed by atoms with Crippen molar-refractivity contribution in [2.75, 3.05) is 5.73 Å². The van der Waals surface area contributed by atoms with Gasteiger partial charge in [0.1, 0.15) is 17.1 Å². The molecular formula is C24H17ClF2N6O. The van der Waals surface area contributed by atoms with Crippen molar-refractivity contribution in [2.24, 2.45) is 0 Å². The average Bonchev–Trinajstić information content (AvgIpc) is 3.23. The van der Waals surface area contributed by atoms with E-state index in [0.717, 1.165) is 11.3 Å². The summed E-state index contributed by atoms with van der Waals surface area (Å²) in [6.07, 6.45) is 2.85. The molecule has 0 unspecified atom stereocenters. The zero-order chi connectivity index (χ0) is 23.7. The van der Waals surface area contributed by atoms with Crippen LogP contribution < -0.4 is 10.5 Å². The van der Waals surface area contributed by atoms with Crippen LogP contribution in [0.4, 0.5) is 14.6 Å². The van der Waals surface area contributed by atoms with Gasteiger partial charge in [-0.15, -0.1) is 11.6 Å². The van der Waals surface area contributed by atoms with Gasteiger partial charge in [0.15, 0.2) is 11.5 Å². The maximum Gasteiger partial charge on any atom is 0.387 e. The third-order valence-corrected chi connectivity index (χ3v) is 5.47. The Kier molecular flexibility index (Phi) is 5.77. The van der Waals surface area contributed by atoms with Crippen LogP contribution in [0.3, 0.4) is 0 Å². The summed E-state index contributed by atoms with van der Waals surface area (Å²) in [6, 6.07) is 17.9. The molecule has 0 bridgehead atoms. The second kappa shape index (κ2) is 9.03. The van der Waals surface area contributed by atoms with E-state index < -0.39 is 6.61 Å². The predicted octanol–water partition coefficient (Wildman–Crippen LogP) is 5.47. The molecule has 34 heavy (non-hydrogen) atoms. The zero-order valence-corrected chi connectivity index (χ0v) is 18.3. The first kappa shape index (κ1) is 21.7. The molecule has 0 aliphatic rings. The molecule has 4 heterocycles. The summed E-state index contributed by atoms with van der Waals surface area (Å²) >= 11 is 5.96. The third-order valence-electron chi connectivity index (χ3n) is 5.16. The van der Waals surface area contributed by atoms with E-state index in [1.807, 2.05) is 41.0 Å². The minimum atomic E-state index is -2.92. The van der Waals surface area contributed by atoms with Crippen LogP contribution in [0.15, 0.2) is 73.1 Å². The molecule has 170 valence electrons. The molecule has 0 amide bonds. The standard InChI is InChI=1S/C24H17ClF2N6O/c25-12-14-3-5-15(6-4-14)33-22(17-2-1-11-29-21(17)28)32-20-10-9-19(31-23(20)33)18-8-7-16(13-30-18)34-24(26)27/h1-11,13,24H,12H2,(H2,28,29). The Morgan fingerprint density at radius 2 is 1.74 bits per heavy atom. The van der Waals surface area contributed by atoms with Gasteiger partial charge < -0.3 is 10.5 Å². The number of halogens is 3. The second-order valence-corrected chi connectivity index (χ2v) is 7.57. The van der Waals surface area contributed by atoms with Crippen molar-refractivity contribution in [3.8, 4) is 34.2 Å². The SMILES string of the molecule is Nc1ncccc1-c1nc2ccc(-c3ccc(OC(F)F)cn3)nc2n1-c1ccc(CCl)cc1. The minimum absolute atomic E-state index is 0.0291. The molecular weight excluding hydrogens is 462 g/mol. The lowest BCUT2D eigenvalue weighted by molar-refractivity contribution is -0.0500. The van der Waals surface area contributed by atoms with Crippen LogP contribution in [0.1, 0.15) is 5.56 Å². The van der Waals surface area contributed by atoms with Crippen LogP contribution in [-0.2, 0) is 5.88 Å². The summed E-state index contributed by atoms with van der Waals surface area (Å²) in [4.78, 5) is 18.0. The number of alkyl halides is 3. The number of nitrogens with zero attached hydrogens (tertiary/aromatic N) is 5. The number of anilines is 1. The van der Waals surface area contributed by atoms with E-state index in [0.29, 0.717) is 45.6 Å². The third kappa shape index (κ3) is 4.13. The number of aromatic nitrogens is 5. The molecule has 1 aromatic carbocycles. The summed E-state index contributed by atoms with van der Waals surface area (Å²) in [5, 5.41) is 0. The molecule has 0 aliphatic carbocycles. The van der Waals surface area contributed by atoms with Crippen LogP contribution in [0.25, 0.3) is 39.6 Å². The van der Waals surface area contributed by atoms with Gasteiger partial charge in [0.2, 0.25) is 0 Å². The summed E-state index contributed by atoms with van der Waals surface area (Å²) in [5.74, 6) is 1.29. The lowest BCUT2D eigenvalue weighted by Crippen LogP contribution is -2.03. The first-order chi connectivity index (χ1) is 16.5. The molecule has 0 radical (unpaired) electrons. The van der Waals surface area contributed by atoms with Crippen molar-refractivity contribution < 1.29 is 13.5 Å². The number of fused-ring (bicyclic) bond motifs is 1. The van der Waals surface area contributed by atoms with Crippen LogP contribution in [0, 0.1) is 0 Å². The molecule has 7 nitrogen and oxygen atoms in total. The maximum absolute atomic E-state index is 12.4. The maximum atomic E-state index is 12.4. The predicted molar refractivity (Wildman–Crippen MR) is 126 cm³/mol. The number of hydrogen-bond acceptors (Lipinski definition) is 6. The second-order valence-electron chi connectivity index (χ2n) is 7.30. The summed E-state index contributed by atoms with van der Waals surface area (Å²) < 4.78 is 31.2. The van der Waals surface area contributed by atoms with E-state index in [9.17, 15) is 8.78 Å². The van der Waals surface area contributed by atoms with Gasteiger partial charge in [0, 0.05) is 17.8 Å². The molecule has 0 saturated carbocycles. The minimum Gasteiger partial charge on any atom is -0.433 e. The number of imidazole rings is 1. The summed E-state index contributed by atoms with van der Waals surface area (Å²) in [7, 11) is 0. The molecule has 0 saturated heterocycles.